The summed E-state index contributed by atoms with van der Waals surface area (Å²) in [6.45, 7) is 0. The lowest BCUT2D eigenvalue weighted by Gasteiger charge is -2.08. The molecule has 0 spiro atoms. The summed E-state index contributed by atoms with van der Waals surface area (Å²) in [6.07, 6.45) is 2.91. The Bertz CT molecular complexity index is 967. The molecule has 23 heavy (non-hydrogen) atoms. The zero-order valence-corrected chi connectivity index (χ0v) is 14.0. The van der Waals surface area contributed by atoms with Gasteiger partial charge in [0.2, 0.25) is 0 Å². The van der Waals surface area contributed by atoms with Gasteiger partial charge in [-0.1, -0.05) is 18.2 Å². The first kappa shape index (κ1) is 15.5. The SMILES string of the molecule is O=C(NS(=O)(=O)Nc1ccc(Br)cn1)c1c[nH]c2ccccc12. The highest BCUT2D eigenvalue weighted by Gasteiger charge is 2.19. The highest BCUT2D eigenvalue weighted by atomic mass is 79.9. The van der Waals surface area contributed by atoms with Gasteiger partial charge >= 0.3 is 10.2 Å². The van der Waals surface area contributed by atoms with Crippen LogP contribution in [-0.4, -0.2) is 24.3 Å². The van der Waals surface area contributed by atoms with E-state index in [-0.39, 0.29) is 11.4 Å². The van der Waals surface area contributed by atoms with Crippen molar-refractivity contribution in [1.82, 2.24) is 14.7 Å². The quantitative estimate of drug-likeness (QED) is 0.631. The molecule has 2 aromatic heterocycles. The number of amides is 1. The third kappa shape index (κ3) is 3.51. The summed E-state index contributed by atoms with van der Waals surface area (Å²) in [7, 11) is -4.08. The van der Waals surface area contributed by atoms with E-state index in [4.69, 9.17) is 0 Å². The van der Waals surface area contributed by atoms with E-state index in [0.29, 0.717) is 9.86 Å². The third-order valence-corrected chi connectivity index (χ3v) is 4.43. The van der Waals surface area contributed by atoms with Crippen molar-refractivity contribution in [2.24, 2.45) is 0 Å². The van der Waals surface area contributed by atoms with Crippen LogP contribution in [0.25, 0.3) is 10.9 Å². The number of H-pyrrole nitrogens is 1. The normalized spacial score (nSPS) is 11.3. The minimum absolute atomic E-state index is 0.104. The van der Waals surface area contributed by atoms with Crippen molar-refractivity contribution in [1.29, 1.82) is 0 Å². The molecule has 0 aliphatic carbocycles. The number of carbonyl (C=O) groups excluding carboxylic acids is 1. The Balaban J connectivity index is 1.80. The standard InChI is InChI=1S/C14H11BrN4O3S/c15-9-5-6-13(17-7-9)18-23(21,22)19-14(20)11-8-16-12-4-2-1-3-10(11)12/h1-8,16H,(H,17,18)(H,19,20). The fourth-order valence-electron chi connectivity index (χ4n) is 2.04. The van der Waals surface area contributed by atoms with Gasteiger partial charge in [0, 0.05) is 27.8 Å². The first-order valence-corrected chi connectivity index (χ1v) is 8.75. The van der Waals surface area contributed by atoms with E-state index in [1.165, 1.54) is 18.5 Å². The van der Waals surface area contributed by atoms with Crippen molar-refractivity contribution in [2.45, 2.75) is 0 Å². The molecule has 7 nitrogen and oxygen atoms in total. The van der Waals surface area contributed by atoms with Crippen LogP contribution >= 0.6 is 15.9 Å². The van der Waals surface area contributed by atoms with Crippen molar-refractivity contribution in [3.05, 3.63) is 58.8 Å². The van der Waals surface area contributed by atoms with E-state index >= 15 is 0 Å². The number of nitrogens with zero attached hydrogens (tertiary/aromatic N) is 1. The maximum Gasteiger partial charge on any atom is 0.325 e. The molecule has 3 aromatic rings. The lowest BCUT2D eigenvalue weighted by atomic mass is 10.2. The predicted molar refractivity (Wildman–Crippen MR) is 90.2 cm³/mol. The average Bonchev–Trinajstić information content (AvgIpc) is 2.93. The van der Waals surface area contributed by atoms with E-state index in [1.807, 2.05) is 10.8 Å². The van der Waals surface area contributed by atoms with E-state index in [0.717, 1.165) is 5.52 Å². The molecule has 0 bridgehead atoms. The van der Waals surface area contributed by atoms with Gasteiger partial charge in [0.05, 0.1) is 5.56 Å². The average molecular weight is 395 g/mol. The smallest absolute Gasteiger partial charge is 0.325 e. The number of benzene rings is 1. The Labute approximate surface area is 140 Å². The molecular weight excluding hydrogens is 384 g/mol. The van der Waals surface area contributed by atoms with Crippen LogP contribution < -0.4 is 9.44 Å². The van der Waals surface area contributed by atoms with Gasteiger partial charge < -0.3 is 4.98 Å². The second-order valence-corrected chi connectivity index (χ2v) is 6.98. The van der Waals surface area contributed by atoms with Gasteiger partial charge in [-0.15, -0.1) is 0 Å². The molecule has 118 valence electrons. The minimum Gasteiger partial charge on any atom is -0.360 e. The zero-order chi connectivity index (χ0) is 16.4. The number of nitrogens with one attached hydrogen (secondary N) is 3. The van der Waals surface area contributed by atoms with Crippen LogP contribution in [0, 0.1) is 0 Å². The lowest BCUT2D eigenvalue weighted by Crippen LogP contribution is -2.35. The van der Waals surface area contributed by atoms with Crippen LogP contribution in [0.3, 0.4) is 0 Å². The summed E-state index contributed by atoms with van der Waals surface area (Å²) >= 11 is 3.20. The summed E-state index contributed by atoms with van der Waals surface area (Å²) in [4.78, 5) is 19.0. The van der Waals surface area contributed by atoms with E-state index in [9.17, 15) is 13.2 Å². The number of carbonyl (C=O) groups is 1. The molecule has 2 heterocycles. The van der Waals surface area contributed by atoms with Crippen LogP contribution in [0.2, 0.25) is 0 Å². The molecule has 0 atom stereocenters. The van der Waals surface area contributed by atoms with Gasteiger partial charge in [-0.05, 0) is 34.1 Å². The van der Waals surface area contributed by atoms with Gasteiger partial charge in [-0.3, -0.25) is 9.52 Å². The van der Waals surface area contributed by atoms with Crippen molar-refractivity contribution in [2.75, 3.05) is 4.72 Å². The predicted octanol–water partition coefficient (Wildman–Crippen LogP) is 2.41. The first-order chi connectivity index (χ1) is 10.9. The number of hydrogen-bond acceptors (Lipinski definition) is 4. The van der Waals surface area contributed by atoms with Gasteiger partial charge in [0.25, 0.3) is 5.91 Å². The first-order valence-electron chi connectivity index (χ1n) is 6.47. The van der Waals surface area contributed by atoms with Crippen LogP contribution in [-0.2, 0) is 10.2 Å². The largest absolute Gasteiger partial charge is 0.360 e. The van der Waals surface area contributed by atoms with Crippen LogP contribution in [0.4, 0.5) is 5.82 Å². The number of fused-ring (bicyclic) bond motifs is 1. The summed E-state index contributed by atoms with van der Waals surface area (Å²) in [5.41, 5.74) is 0.993. The molecule has 3 rings (SSSR count). The van der Waals surface area contributed by atoms with E-state index < -0.39 is 16.1 Å². The monoisotopic (exact) mass is 394 g/mol. The second kappa shape index (κ2) is 6.01. The Morgan fingerprint density at radius 3 is 2.70 bits per heavy atom. The van der Waals surface area contributed by atoms with E-state index in [1.54, 1.807) is 24.3 Å². The van der Waals surface area contributed by atoms with Gasteiger partial charge in [0.1, 0.15) is 5.82 Å². The molecule has 1 amide bonds. The second-order valence-electron chi connectivity index (χ2n) is 4.65. The zero-order valence-electron chi connectivity index (χ0n) is 11.6. The maximum atomic E-state index is 12.2. The highest BCUT2D eigenvalue weighted by Crippen LogP contribution is 2.18. The molecule has 0 saturated heterocycles. The highest BCUT2D eigenvalue weighted by molar-refractivity contribution is 9.10. The van der Waals surface area contributed by atoms with Crippen molar-refractivity contribution < 1.29 is 13.2 Å². The van der Waals surface area contributed by atoms with Crippen molar-refractivity contribution in [3.8, 4) is 0 Å². The van der Waals surface area contributed by atoms with Gasteiger partial charge in [-0.2, -0.15) is 8.42 Å². The molecule has 0 unspecified atom stereocenters. The summed E-state index contributed by atoms with van der Waals surface area (Å²) in [5, 5.41) is 0.641. The molecule has 0 saturated carbocycles. The number of aromatic nitrogens is 2. The molecule has 0 radical (unpaired) electrons. The number of para-hydroxylation sites is 1. The number of rotatable bonds is 4. The lowest BCUT2D eigenvalue weighted by molar-refractivity contribution is 0.0983. The Morgan fingerprint density at radius 2 is 1.96 bits per heavy atom. The number of pyridine rings is 1. The van der Waals surface area contributed by atoms with Crippen molar-refractivity contribution >= 4 is 48.8 Å². The number of aromatic amines is 1. The van der Waals surface area contributed by atoms with E-state index in [2.05, 4.69) is 30.6 Å². The molecule has 0 aliphatic rings. The third-order valence-electron chi connectivity index (χ3n) is 3.03. The molecule has 0 fully saturated rings. The number of anilines is 1. The fourth-order valence-corrected chi connectivity index (χ4v) is 3.07. The Hall–Kier alpha value is -2.39. The Kier molecular flexibility index (Phi) is 4.05. The van der Waals surface area contributed by atoms with Crippen LogP contribution in [0.15, 0.2) is 53.3 Å². The summed E-state index contributed by atoms with van der Waals surface area (Å²) in [5.74, 6) is -0.625. The maximum absolute atomic E-state index is 12.2. The van der Waals surface area contributed by atoms with Crippen LogP contribution in [0.1, 0.15) is 10.4 Å². The van der Waals surface area contributed by atoms with Gasteiger partial charge in [-0.25, -0.2) is 9.71 Å². The van der Waals surface area contributed by atoms with Crippen molar-refractivity contribution in [3.63, 3.8) is 0 Å². The van der Waals surface area contributed by atoms with Gasteiger partial charge in [0.15, 0.2) is 0 Å². The molecule has 3 N–H and O–H groups in total. The molecule has 9 heteroatoms. The summed E-state index contributed by atoms with van der Waals surface area (Å²) in [6, 6.07) is 10.2. The van der Waals surface area contributed by atoms with Crippen LogP contribution in [0.5, 0.6) is 0 Å². The minimum atomic E-state index is -4.08. The number of hydrogen-bond donors (Lipinski definition) is 3. The molecular formula is C14H11BrN4O3S. The fraction of sp³-hybridized carbons (Fsp3) is 0. The molecule has 1 aromatic carbocycles. The topological polar surface area (TPSA) is 104 Å². The Morgan fingerprint density at radius 1 is 1.17 bits per heavy atom. The summed E-state index contributed by atoms with van der Waals surface area (Å²) < 4.78 is 28.9. The number of halogens is 1. The molecule has 0 aliphatic heterocycles.